The van der Waals surface area contributed by atoms with Crippen LogP contribution in [0.15, 0.2) is 40.2 Å². The zero-order chi connectivity index (χ0) is 15.1. The summed E-state index contributed by atoms with van der Waals surface area (Å²) in [4.78, 5) is 1.25. The standard InChI is InChI=1S/C16H19BrFNOS/c1-20-8-7-19-11-12(10-16-14(17)6-9-21-16)13-4-2-3-5-15(13)18/h2-6,9,12,19H,7-8,10-11H2,1H3. The molecule has 2 nitrogen and oxygen atoms in total. The van der Waals surface area contributed by atoms with E-state index in [-0.39, 0.29) is 11.7 Å². The second-order valence-corrected chi connectivity index (χ2v) is 6.67. The maximum absolute atomic E-state index is 14.1. The van der Waals surface area contributed by atoms with Gasteiger partial charge >= 0.3 is 0 Å². The van der Waals surface area contributed by atoms with Gasteiger partial charge in [0.15, 0.2) is 0 Å². The van der Waals surface area contributed by atoms with E-state index in [9.17, 15) is 4.39 Å². The number of hydrogen-bond acceptors (Lipinski definition) is 3. The van der Waals surface area contributed by atoms with Gasteiger partial charge in [-0.2, -0.15) is 0 Å². The van der Waals surface area contributed by atoms with E-state index in [1.54, 1.807) is 24.5 Å². The maximum Gasteiger partial charge on any atom is 0.126 e. The van der Waals surface area contributed by atoms with E-state index in [0.717, 1.165) is 29.5 Å². The van der Waals surface area contributed by atoms with Crippen molar-refractivity contribution in [3.05, 3.63) is 56.4 Å². The summed E-state index contributed by atoms with van der Waals surface area (Å²) in [5.41, 5.74) is 0.766. The number of ether oxygens (including phenoxy) is 1. The van der Waals surface area contributed by atoms with Crippen molar-refractivity contribution in [2.45, 2.75) is 12.3 Å². The van der Waals surface area contributed by atoms with Gasteiger partial charge in [-0.1, -0.05) is 18.2 Å². The molecule has 1 N–H and O–H groups in total. The van der Waals surface area contributed by atoms with E-state index in [4.69, 9.17) is 4.74 Å². The van der Waals surface area contributed by atoms with Crippen LogP contribution in [0.3, 0.4) is 0 Å². The summed E-state index contributed by atoms with van der Waals surface area (Å²) in [5.74, 6) is -0.0262. The first-order valence-corrected chi connectivity index (χ1v) is 8.55. The molecule has 0 aliphatic heterocycles. The lowest BCUT2D eigenvalue weighted by atomic mass is 9.94. The molecule has 21 heavy (non-hydrogen) atoms. The van der Waals surface area contributed by atoms with Crippen molar-refractivity contribution in [2.24, 2.45) is 0 Å². The van der Waals surface area contributed by atoms with Crippen LogP contribution in [0.4, 0.5) is 4.39 Å². The highest BCUT2D eigenvalue weighted by Gasteiger charge is 2.17. The highest BCUT2D eigenvalue weighted by molar-refractivity contribution is 9.10. The van der Waals surface area contributed by atoms with Gasteiger partial charge in [0.2, 0.25) is 0 Å². The van der Waals surface area contributed by atoms with Crippen molar-refractivity contribution >= 4 is 27.3 Å². The van der Waals surface area contributed by atoms with Crippen molar-refractivity contribution in [1.29, 1.82) is 0 Å². The Labute approximate surface area is 137 Å². The number of halogens is 2. The zero-order valence-corrected chi connectivity index (χ0v) is 14.3. The Morgan fingerprint density at radius 3 is 2.81 bits per heavy atom. The van der Waals surface area contributed by atoms with E-state index in [1.807, 2.05) is 18.2 Å². The number of methoxy groups -OCH3 is 1. The van der Waals surface area contributed by atoms with Crippen molar-refractivity contribution in [1.82, 2.24) is 5.32 Å². The van der Waals surface area contributed by atoms with E-state index >= 15 is 0 Å². The van der Waals surface area contributed by atoms with Crippen molar-refractivity contribution in [2.75, 3.05) is 26.8 Å². The van der Waals surface area contributed by atoms with Gasteiger partial charge in [-0.3, -0.25) is 0 Å². The van der Waals surface area contributed by atoms with Crippen LogP contribution in [-0.2, 0) is 11.2 Å². The Balaban J connectivity index is 2.10. The molecule has 0 spiro atoms. The SMILES string of the molecule is COCCNCC(Cc1sccc1Br)c1ccccc1F. The van der Waals surface area contributed by atoms with Crippen LogP contribution in [0.25, 0.3) is 0 Å². The fraction of sp³-hybridized carbons (Fsp3) is 0.375. The Morgan fingerprint density at radius 1 is 1.33 bits per heavy atom. The van der Waals surface area contributed by atoms with Gasteiger partial charge in [-0.05, 0) is 45.4 Å². The van der Waals surface area contributed by atoms with Crippen molar-refractivity contribution in [3.8, 4) is 0 Å². The van der Waals surface area contributed by atoms with Crippen LogP contribution < -0.4 is 5.32 Å². The summed E-state index contributed by atoms with van der Waals surface area (Å²) in [7, 11) is 1.68. The van der Waals surface area contributed by atoms with Crippen LogP contribution in [0.2, 0.25) is 0 Å². The van der Waals surface area contributed by atoms with E-state index in [0.29, 0.717) is 6.61 Å². The van der Waals surface area contributed by atoms with Crippen molar-refractivity contribution < 1.29 is 9.13 Å². The van der Waals surface area contributed by atoms with Gasteiger partial charge in [-0.15, -0.1) is 11.3 Å². The molecule has 0 saturated carbocycles. The number of thiophene rings is 1. The average Bonchev–Trinajstić information content (AvgIpc) is 2.88. The summed E-state index contributed by atoms with van der Waals surface area (Å²) >= 11 is 5.26. The fourth-order valence-corrected chi connectivity index (χ4v) is 3.84. The molecule has 0 aliphatic carbocycles. The van der Waals surface area contributed by atoms with Gasteiger partial charge < -0.3 is 10.1 Å². The first kappa shape index (κ1) is 16.6. The van der Waals surface area contributed by atoms with Crippen LogP contribution >= 0.6 is 27.3 Å². The van der Waals surface area contributed by atoms with E-state index < -0.39 is 0 Å². The molecule has 1 aromatic carbocycles. The Hall–Kier alpha value is -0.750. The van der Waals surface area contributed by atoms with Gasteiger partial charge in [-0.25, -0.2) is 4.39 Å². The number of rotatable bonds is 8. The molecule has 0 saturated heterocycles. The molecular formula is C16H19BrFNOS. The van der Waals surface area contributed by atoms with Crippen LogP contribution in [0.5, 0.6) is 0 Å². The third-order valence-electron chi connectivity index (χ3n) is 3.34. The van der Waals surface area contributed by atoms with Gasteiger partial charge in [0.25, 0.3) is 0 Å². The molecule has 0 amide bonds. The molecule has 2 rings (SSSR count). The zero-order valence-electron chi connectivity index (χ0n) is 11.9. The lowest BCUT2D eigenvalue weighted by Crippen LogP contribution is -2.26. The molecule has 114 valence electrons. The van der Waals surface area contributed by atoms with Crippen LogP contribution in [0.1, 0.15) is 16.4 Å². The monoisotopic (exact) mass is 371 g/mol. The highest BCUT2D eigenvalue weighted by Crippen LogP contribution is 2.30. The molecular weight excluding hydrogens is 353 g/mol. The average molecular weight is 372 g/mol. The predicted molar refractivity (Wildman–Crippen MR) is 89.6 cm³/mol. The van der Waals surface area contributed by atoms with Crippen molar-refractivity contribution in [3.63, 3.8) is 0 Å². The first-order valence-electron chi connectivity index (χ1n) is 6.88. The minimum Gasteiger partial charge on any atom is -0.383 e. The number of hydrogen-bond donors (Lipinski definition) is 1. The second-order valence-electron chi connectivity index (χ2n) is 4.81. The van der Waals surface area contributed by atoms with Gasteiger partial charge in [0, 0.05) is 35.5 Å². The highest BCUT2D eigenvalue weighted by atomic mass is 79.9. The molecule has 0 bridgehead atoms. The Kier molecular flexibility index (Phi) is 6.83. The topological polar surface area (TPSA) is 21.3 Å². The third kappa shape index (κ3) is 4.88. The van der Waals surface area contributed by atoms with E-state index in [1.165, 1.54) is 10.9 Å². The second kappa shape index (κ2) is 8.63. The lowest BCUT2D eigenvalue weighted by molar-refractivity contribution is 0.199. The summed E-state index contributed by atoms with van der Waals surface area (Å²) < 4.78 is 20.2. The molecule has 0 fully saturated rings. The largest absolute Gasteiger partial charge is 0.383 e. The lowest BCUT2D eigenvalue weighted by Gasteiger charge is -2.18. The van der Waals surface area contributed by atoms with Crippen LogP contribution in [-0.4, -0.2) is 26.8 Å². The molecule has 1 heterocycles. The predicted octanol–water partition coefficient (Wildman–Crippen LogP) is 4.21. The molecule has 5 heteroatoms. The van der Waals surface area contributed by atoms with Crippen LogP contribution in [0, 0.1) is 5.82 Å². The van der Waals surface area contributed by atoms with E-state index in [2.05, 4.69) is 26.6 Å². The smallest absolute Gasteiger partial charge is 0.126 e. The maximum atomic E-state index is 14.1. The normalized spacial score (nSPS) is 12.5. The van der Waals surface area contributed by atoms with Gasteiger partial charge in [0.1, 0.15) is 5.82 Å². The number of nitrogens with one attached hydrogen (secondary N) is 1. The third-order valence-corrected chi connectivity index (χ3v) is 5.29. The summed E-state index contributed by atoms with van der Waals surface area (Å²) in [6.07, 6.45) is 0.819. The fourth-order valence-electron chi connectivity index (χ4n) is 2.24. The quantitative estimate of drug-likeness (QED) is 0.701. The minimum atomic E-state index is -0.135. The molecule has 1 aromatic heterocycles. The molecule has 2 aromatic rings. The summed E-state index contributed by atoms with van der Waals surface area (Å²) in [5, 5.41) is 5.39. The Bertz CT molecular complexity index is 561. The molecule has 1 atom stereocenters. The summed E-state index contributed by atoms with van der Waals surface area (Å²) in [6, 6.07) is 9.07. The van der Waals surface area contributed by atoms with Gasteiger partial charge in [0.05, 0.1) is 6.61 Å². The minimum absolute atomic E-state index is 0.109. The summed E-state index contributed by atoms with van der Waals surface area (Å²) in [6.45, 7) is 2.16. The molecule has 0 radical (unpaired) electrons. The number of benzene rings is 1. The Morgan fingerprint density at radius 2 is 2.14 bits per heavy atom. The molecule has 1 unspecified atom stereocenters. The first-order chi connectivity index (χ1) is 10.2. The molecule has 0 aliphatic rings.